The van der Waals surface area contributed by atoms with Gasteiger partial charge in [0.15, 0.2) is 5.76 Å². The first kappa shape index (κ1) is 8.29. The van der Waals surface area contributed by atoms with Gasteiger partial charge in [-0.3, -0.25) is 0 Å². The van der Waals surface area contributed by atoms with Crippen molar-refractivity contribution in [2.24, 2.45) is 0 Å². The van der Waals surface area contributed by atoms with Crippen molar-refractivity contribution >= 4 is 5.97 Å². The van der Waals surface area contributed by atoms with Crippen molar-refractivity contribution in [3.8, 4) is 0 Å². The molecular weight excluding hydrogens is 170 g/mol. The second-order valence-electron chi connectivity index (χ2n) is 3.10. The van der Waals surface area contributed by atoms with Gasteiger partial charge in [-0.15, -0.1) is 0 Å². The standard InChI is InChI=1S/C9H11NO3/c1-2-12-9(11)7-5-10-13-8(7)6-3-4-6/h5-6H,2-4H2,1H3. The van der Waals surface area contributed by atoms with Gasteiger partial charge < -0.3 is 9.26 Å². The number of rotatable bonds is 3. The Kier molecular flexibility index (Phi) is 2.04. The van der Waals surface area contributed by atoms with Gasteiger partial charge in [0.05, 0.1) is 12.8 Å². The topological polar surface area (TPSA) is 52.3 Å². The predicted octanol–water partition coefficient (Wildman–Crippen LogP) is 1.73. The van der Waals surface area contributed by atoms with Gasteiger partial charge in [0.2, 0.25) is 0 Å². The normalized spacial score (nSPS) is 15.8. The van der Waals surface area contributed by atoms with E-state index < -0.39 is 0 Å². The molecule has 1 aromatic rings. The molecular formula is C9H11NO3. The zero-order valence-corrected chi connectivity index (χ0v) is 7.45. The number of aromatic nitrogens is 1. The average molecular weight is 181 g/mol. The Morgan fingerprint density at radius 1 is 1.77 bits per heavy atom. The van der Waals surface area contributed by atoms with Gasteiger partial charge in [0, 0.05) is 5.92 Å². The Hall–Kier alpha value is -1.32. The van der Waals surface area contributed by atoms with Crippen molar-refractivity contribution in [2.45, 2.75) is 25.7 Å². The molecule has 4 nitrogen and oxygen atoms in total. The Morgan fingerprint density at radius 2 is 2.54 bits per heavy atom. The van der Waals surface area contributed by atoms with Gasteiger partial charge in [-0.2, -0.15) is 0 Å². The molecule has 1 aliphatic carbocycles. The lowest BCUT2D eigenvalue weighted by Crippen LogP contribution is -2.05. The van der Waals surface area contributed by atoms with Crippen LogP contribution in [0.1, 0.15) is 41.8 Å². The number of nitrogens with zero attached hydrogens (tertiary/aromatic N) is 1. The Bertz CT molecular complexity index is 314. The van der Waals surface area contributed by atoms with Crippen molar-refractivity contribution in [3.05, 3.63) is 17.5 Å². The summed E-state index contributed by atoms with van der Waals surface area (Å²) in [6, 6.07) is 0. The van der Waals surface area contributed by atoms with E-state index in [0.29, 0.717) is 23.8 Å². The van der Waals surface area contributed by atoms with Crippen LogP contribution in [0.2, 0.25) is 0 Å². The van der Waals surface area contributed by atoms with Crippen LogP contribution in [0.15, 0.2) is 10.7 Å². The lowest BCUT2D eigenvalue weighted by molar-refractivity contribution is 0.0523. The molecule has 0 aromatic carbocycles. The second kappa shape index (κ2) is 3.20. The first-order valence-corrected chi connectivity index (χ1v) is 4.44. The molecule has 1 fully saturated rings. The van der Waals surface area contributed by atoms with Crippen molar-refractivity contribution < 1.29 is 14.1 Å². The lowest BCUT2D eigenvalue weighted by Gasteiger charge is -1.98. The molecule has 1 heterocycles. The first-order valence-electron chi connectivity index (χ1n) is 4.44. The van der Waals surface area contributed by atoms with E-state index in [0.717, 1.165) is 12.8 Å². The van der Waals surface area contributed by atoms with Gasteiger partial charge in [0.25, 0.3) is 0 Å². The number of esters is 1. The molecule has 0 radical (unpaired) electrons. The maximum atomic E-state index is 11.3. The zero-order chi connectivity index (χ0) is 9.26. The van der Waals surface area contributed by atoms with E-state index in [9.17, 15) is 4.79 Å². The van der Waals surface area contributed by atoms with E-state index in [4.69, 9.17) is 9.26 Å². The van der Waals surface area contributed by atoms with Crippen LogP contribution >= 0.6 is 0 Å². The van der Waals surface area contributed by atoms with Crippen LogP contribution in [0.25, 0.3) is 0 Å². The molecule has 1 saturated carbocycles. The fraction of sp³-hybridized carbons (Fsp3) is 0.556. The summed E-state index contributed by atoms with van der Waals surface area (Å²) >= 11 is 0. The average Bonchev–Trinajstić information content (AvgIpc) is 2.84. The maximum absolute atomic E-state index is 11.3. The van der Waals surface area contributed by atoms with E-state index in [-0.39, 0.29) is 5.97 Å². The summed E-state index contributed by atoms with van der Waals surface area (Å²) in [5.41, 5.74) is 0.490. The number of carbonyl (C=O) groups excluding carboxylic acids is 1. The summed E-state index contributed by atoms with van der Waals surface area (Å²) in [5, 5.41) is 3.61. The van der Waals surface area contributed by atoms with Gasteiger partial charge >= 0.3 is 5.97 Å². The van der Waals surface area contributed by atoms with Crippen LogP contribution < -0.4 is 0 Å². The number of hydrogen-bond donors (Lipinski definition) is 0. The van der Waals surface area contributed by atoms with E-state index in [1.54, 1.807) is 6.92 Å². The van der Waals surface area contributed by atoms with Crippen LogP contribution in [0.5, 0.6) is 0 Å². The molecule has 70 valence electrons. The highest BCUT2D eigenvalue weighted by Crippen LogP contribution is 2.41. The minimum atomic E-state index is -0.328. The number of carbonyl (C=O) groups is 1. The minimum Gasteiger partial charge on any atom is -0.462 e. The summed E-state index contributed by atoms with van der Waals surface area (Å²) < 4.78 is 9.87. The molecule has 0 N–H and O–H groups in total. The highest BCUT2D eigenvalue weighted by molar-refractivity contribution is 5.90. The van der Waals surface area contributed by atoms with Crippen LogP contribution in [0, 0.1) is 0 Å². The molecule has 1 aromatic heterocycles. The zero-order valence-electron chi connectivity index (χ0n) is 7.45. The minimum absolute atomic E-state index is 0.328. The molecule has 0 atom stereocenters. The summed E-state index contributed by atoms with van der Waals surface area (Å²) in [4.78, 5) is 11.3. The van der Waals surface area contributed by atoms with E-state index in [2.05, 4.69) is 5.16 Å². The molecule has 0 unspecified atom stereocenters. The molecule has 0 amide bonds. The number of ether oxygens (including phenoxy) is 1. The van der Waals surface area contributed by atoms with E-state index in [1.165, 1.54) is 6.20 Å². The molecule has 0 bridgehead atoms. The third kappa shape index (κ3) is 1.56. The summed E-state index contributed by atoms with van der Waals surface area (Å²) in [6.45, 7) is 2.16. The Morgan fingerprint density at radius 3 is 3.15 bits per heavy atom. The smallest absolute Gasteiger partial charge is 0.343 e. The molecule has 0 aliphatic heterocycles. The van der Waals surface area contributed by atoms with Gasteiger partial charge in [0.1, 0.15) is 5.56 Å². The van der Waals surface area contributed by atoms with Crippen LogP contribution in [0.4, 0.5) is 0 Å². The van der Waals surface area contributed by atoms with Crippen molar-refractivity contribution in [1.82, 2.24) is 5.16 Å². The first-order chi connectivity index (χ1) is 6.33. The van der Waals surface area contributed by atoms with Crippen LogP contribution in [0.3, 0.4) is 0 Å². The molecule has 13 heavy (non-hydrogen) atoms. The third-order valence-corrected chi connectivity index (χ3v) is 2.04. The quantitative estimate of drug-likeness (QED) is 0.666. The molecule has 0 saturated heterocycles. The molecule has 0 spiro atoms. The van der Waals surface area contributed by atoms with Crippen molar-refractivity contribution in [1.29, 1.82) is 0 Å². The molecule has 2 rings (SSSR count). The largest absolute Gasteiger partial charge is 0.462 e. The number of hydrogen-bond acceptors (Lipinski definition) is 4. The molecule has 1 aliphatic rings. The maximum Gasteiger partial charge on any atom is 0.343 e. The van der Waals surface area contributed by atoms with Crippen LogP contribution in [-0.4, -0.2) is 17.7 Å². The van der Waals surface area contributed by atoms with E-state index in [1.807, 2.05) is 0 Å². The van der Waals surface area contributed by atoms with Gasteiger partial charge in [-0.05, 0) is 19.8 Å². The monoisotopic (exact) mass is 181 g/mol. The summed E-state index contributed by atoms with van der Waals surface area (Å²) in [7, 11) is 0. The van der Waals surface area contributed by atoms with Gasteiger partial charge in [-0.1, -0.05) is 5.16 Å². The SMILES string of the molecule is CCOC(=O)c1cnoc1C1CC1. The van der Waals surface area contributed by atoms with Crippen molar-refractivity contribution in [3.63, 3.8) is 0 Å². The van der Waals surface area contributed by atoms with E-state index >= 15 is 0 Å². The van der Waals surface area contributed by atoms with Crippen LogP contribution in [-0.2, 0) is 4.74 Å². The lowest BCUT2D eigenvalue weighted by atomic mass is 10.2. The second-order valence-corrected chi connectivity index (χ2v) is 3.10. The Balaban J connectivity index is 2.18. The third-order valence-electron chi connectivity index (χ3n) is 2.04. The molecule has 4 heteroatoms. The fourth-order valence-electron chi connectivity index (χ4n) is 1.25. The predicted molar refractivity (Wildman–Crippen MR) is 44.4 cm³/mol. The van der Waals surface area contributed by atoms with Gasteiger partial charge in [-0.25, -0.2) is 4.79 Å². The van der Waals surface area contributed by atoms with Crippen molar-refractivity contribution in [2.75, 3.05) is 6.61 Å². The Labute approximate surface area is 75.9 Å². The highest BCUT2D eigenvalue weighted by atomic mass is 16.5. The fourth-order valence-corrected chi connectivity index (χ4v) is 1.25. The summed E-state index contributed by atoms with van der Waals surface area (Å²) in [6.07, 6.45) is 3.61. The summed E-state index contributed by atoms with van der Waals surface area (Å²) in [5.74, 6) is 0.756. The highest BCUT2D eigenvalue weighted by Gasteiger charge is 2.32.